The summed E-state index contributed by atoms with van der Waals surface area (Å²) in [6.45, 7) is 5.15. The Morgan fingerprint density at radius 1 is 1.12 bits per heavy atom. The lowest BCUT2D eigenvalue weighted by Gasteiger charge is -2.43. The van der Waals surface area contributed by atoms with Crippen molar-refractivity contribution >= 4 is 17.4 Å². The minimum atomic E-state index is 0.0303. The predicted octanol–water partition coefficient (Wildman–Crippen LogP) is 1.56. The van der Waals surface area contributed by atoms with Crippen molar-refractivity contribution in [1.82, 2.24) is 10.6 Å². The van der Waals surface area contributed by atoms with E-state index in [1.165, 1.54) is 5.69 Å². The molecule has 1 aromatic rings. The fourth-order valence-corrected chi connectivity index (χ4v) is 4.00. The van der Waals surface area contributed by atoms with Crippen LogP contribution in [0.5, 0.6) is 0 Å². The lowest BCUT2D eigenvalue weighted by atomic mass is 10.0. The first-order chi connectivity index (χ1) is 11.8. The molecule has 4 rings (SSSR count). The average Bonchev–Trinajstić information content (AvgIpc) is 3.14. The maximum Gasteiger partial charge on any atom is 0.322 e. The van der Waals surface area contributed by atoms with Crippen LogP contribution >= 0.6 is 0 Å². The van der Waals surface area contributed by atoms with Crippen LogP contribution < -0.4 is 20.4 Å². The third kappa shape index (κ3) is 3.08. The first kappa shape index (κ1) is 15.7. The summed E-state index contributed by atoms with van der Waals surface area (Å²) < 4.78 is 5.51. The van der Waals surface area contributed by atoms with Gasteiger partial charge in [-0.3, -0.25) is 4.90 Å². The average molecular weight is 330 g/mol. The molecule has 3 aliphatic rings. The van der Waals surface area contributed by atoms with Crippen molar-refractivity contribution in [3.63, 3.8) is 0 Å². The van der Waals surface area contributed by atoms with E-state index in [9.17, 15) is 4.79 Å². The molecular weight excluding hydrogens is 304 g/mol. The number of carbonyl (C=O) groups is 1. The molecular formula is C18H26N4O2. The molecule has 3 aliphatic heterocycles. The number of rotatable bonds is 2. The molecule has 1 atom stereocenters. The van der Waals surface area contributed by atoms with Crippen LogP contribution in [0.15, 0.2) is 24.3 Å². The van der Waals surface area contributed by atoms with Crippen LogP contribution in [-0.2, 0) is 4.74 Å². The maximum atomic E-state index is 12.7. The summed E-state index contributed by atoms with van der Waals surface area (Å²) in [4.78, 5) is 17.1. The Morgan fingerprint density at radius 3 is 2.67 bits per heavy atom. The van der Waals surface area contributed by atoms with E-state index in [1.807, 2.05) is 11.0 Å². The van der Waals surface area contributed by atoms with Crippen molar-refractivity contribution in [2.45, 2.75) is 31.3 Å². The molecule has 1 unspecified atom stereocenters. The molecule has 0 saturated carbocycles. The second-order valence-corrected chi connectivity index (χ2v) is 6.82. The molecule has 0 aliphatic carbocycles. The van der Waals surface area contributed by atoms with Gasteiger partial charge in [-0.15, -0.1) is 0 Å². The standard InChI is InChI=1S/C18H26N4O2/c23-18(20-14-5-8-19-13-14)22-10-9-21(15-6-11-24-12-7-15)16-3-1-2-4-17(16)22/h1-4,14-15,19H,5-13H2,(H,20,23). The number of anilines is 2. The Labute approximate surface area is 143 Å². The summed E-state index contributed by atoms with van der Waals surface area (Å²) in [6.07, 6.45) is 3.14. The first-order valence-corrected chi connectivity index (χ1v) is 9.05. The summed E-state index contributed by atoms with van der Waals surface area (Å²) in [5, 5.41) is 6.47. The van der Waals surface area contributed by atoms with Gasteiger partial charge in [-0.05, 0) is 37.9 Å². The van der Waals surface area contributed by atoms with Gasteiger partial charge in [-0.2, -0.15) is 0 Å². The van der Waals surface area contributed by atoms with Crippen LogP contribution in [0.4, 0.5) is 16.2 Å². The summed E-state index contributed by atoms with van der Waals surface area (Å²) in [5.41, 5.74) is 2.20. The zero-order valence-electron chi connectivity index (χ0n) is 14.0. The van der Waals surface area contributed by atoms with Gasteiger partial charge in [0.25, 0.3) is 0 Å². The fourth-order valence-electron chi connectivity index (χ4n) is 4.00. The molecule has 0 bridgehead atoms. The lowest BCUT2D eigenvalue weighted by Crippen LogP contribution is -2.53. The van der Waals surface area contributed by atoms with Crippen molar-refractivity contribution in [3.05, 3.63) is 24.3 Å². The number of nitrogens with zero attached hydrogens (tertiary/aromatic N) is 2. The Kier molecular flexibility index (Phi) is 4.58. The van der Waals surface area contributed by atoms with Crippen LogP contribution in [0.1, 0.15) is 19.3 Å². The smallest absolute Gasteiger partial charge is 0.322 e. The molecule has 1 aromatic carbocycles. The zero-order valence-corrected chi connectivity index (χ0v) is 14.0. The highest BCUT2D eigenvalue weighted by atomic mass is 16.5. The second kappa shape index (κ2) is 6.99. The van der Waals surface area contributed by atoms with Crippen molar-refractivity contribution in [1.29, 1.82) is 0 Å². The summed E-state index contributed by atoms with van der Waals surface area (Å²) >= 11 is 0. The number of ether oxygens (including phenoxy) is 1. The van der Waals surface area contributed by atoms with E-state index in [-0.39, 0.29) is 12.1 Å². The summed E-state index contributed by atoms with van der Waals surface area (Å²) in [5.74, 6) is 0. The third-order valence-corrected chi connectivity index (χ3v) is 5.31. The number of amides is 2. The predicted molar refractivity (Wildman–Crippen MR) is 94.8 cm³/mol. The number of carbonyl (C=O) groups excluding carboxylic acids is 1. The van der Waals surface area contributed by atoms with Crippen LogP contribution in [-0.4, -0.2) is 57.5 Å². The van der Waals surface area contributed by atoms with Gasteiger partial charge in [0, 0.05) is 44.9 Å². The number of hydrogen-bond acceptors (Lipinski definition) is 4. The molecule has 0 aromatic heterocycles. The lowest BCUT2D eigenvalue weighted by molar-refractivity contribution is 0.0844. The van der Waals surface area contributed by atoms with Crippen LogP contribution in [0.25, 0.3) is 0 Å². The van der Waals surface area contributed by atoms with Crippen LogP contribution in [0, 0.1) is 0 Å². The number of para-hydroxylation sites is 2. The fraction of sp³-hybridized carbons (Fsp3) is 0.611. The Balaban J connectivity index is 1.53. The molecule has 0 spiro atoms. The second-order valence-electron chi connectivity index (χ2n) is 6.82. The topological polar surface area (TPSA) is 56.8 Å². The molecule has 3 heterocycles. The SMILES string of the molecule is O=C(NC1CCNC1)N1CCN(C2CCOCC2)c2ccccc21. The van der Waals surface area contributed by atoms with E-state index >= 15 is 0 Å². The van der Waals surface area contributed by atoms with Crippen molar-refractivity contribution in [2.24, 2.45) is 0 Å². The minimum absolute atomic E-state index is 0.0303. The number of fused-ring (bicyclic) bond motifs is 1. The van der Waals surface area contributed by atoms with Gasteiger partial charge in [-0.25, -0.2) is 4.79 Å². The first-order valence-electron chi connectivity index (χ1n) is 9.05. The van der Waals surface area contributed by atoms with Crippen molar-refractivity contribution < 1.29 is 9.53 Å². The molecule has 2 N–H and O–H groups in total. The van der Waals surface area contributed by atoms with Gasteiger partial charge in [0.2, 0.25) is 0 Å². The largest absolute Gasteiger partial charge is 0.381 e. The molecule has 6 nitrogen and oxygen atoms in total. The maximum absolute atomic E-state index is 12.7. The van der Waals surface area contributed by atoms with E-state index in [0.29, 0.717) is 6.04 Å². The van der Waals surface area contributed by atoms with Crippen molar-refractivity contribution in [2.75, 3.05) is 49.2 Å². The number of urea groups is 1. The van der Waals surface area contributed by atoms with Gasteiger partial charge in [0.15, 0.2) is 0 Å². The third-order valence-electron chi connectivity index (χ3n) is 5.31. The number of hydrogen-bond donors (Lipinski definition) is 2. The van der Waals surface area contributed by atoms with Crippen molar-refractivity contribution in [3.8, 4) is 0 Å². The van der Waals surface area contributed by atoms with Gasteiger partial charge in [0.1, 0.15) is 0 Å². The van der Waals surface area contributed by atoms with E-state index in [0.717, 1.165) is 64.3 Å². The molecule has 6 heteroatoms. The zero-order chi connectivity index (χ0) is 16.4. The highest BCUT2D eigenvalue weighted by Gasteiger charge is 2.32. The Bertz CT molecular complexity index is 582. The van der Waals surface area contributed by atoms with Crippen LogP contribution in [0.3, 0.4) is 0 Å². The number of benzene rings is 1. The summed E-state index contributed by atoms with van der Waals surface area (Å²) in [7, 11) is 0. The van der Waals surface area contributed by atoms with E-state index in [4.69, 9.17) is 4.74 Å². The Hall–Kier alpha value is -1.79. The minimum Gasteiger partial charge on any atom is -0.381 e. The highest BCUT2D eigenvalue weighted by molar-refractivity contribution is 5.97. The molecule has 2 saturated heterocycles. The van der Waals surface area contributed by atoms with E-state index < -0.39 is 0 Å². The van der Waals surface area contributed by atoms with Crippen LogP contribution in [0.2, 0.25) is 0 Å². The monoisotopic (exact) mass is 330 g/mol. The van der Waals surface area contributed by atoms with Gasteiger partial charge >= 0.3 is 6.03 Å². The molecule has 0 radical (unpaired) electrons. The Morgan fingerprint density at radius 2 is 1.92 bits per heavy atom. The van der Waals surface area contributed by atoms with Gasteiger partial charge in [0.05, 0.1) is 11.4 Å². The number of nitrogens with one attached hydrogen (secondary N) is 2. The highest BCUT2D eigenvalue weighted by Crippen LogP contribution is 2.35. The molecule has 130 valence electrons. The van der Waals surface area contributed by atoms with Gasteiger partial charge in [-0.1, -0.05) is 12.1 Å². The molecule has 2 fully saturated rings. The molecule has 24 heavy (non-hydrogen) atoms. The summed E-state index contributed by atoms with van der Waals surface area (Å²) in [6, 6.07) is 9.08. The van der Waals surface area contributed by atoms with E-state index in [2.05, 4.69) is 33.7 Å². The van der Waals surface area contributed by atoms with Gasteiger partial charge < -0.3 is 20.3 Å². The quantitative estimate of drug-likeness (QED) is 0.864. The molecule has 2 amide bonds. The van der Waals surface area contributed by atoms with E-state index in [1.54, 1.807) is 0 Å². The normalized spacial score (nSPS) is 24.8.